The van der Waals surface area contributed by atoms with Crippen LogP contribution in [0, 0.1) is 15.9 Å². The summed E-state index contributed by atoms with van der Waals surface area (Å²) >= 11 is 1.61. The second-order valence-electron chi connectivity index (χ2n) is 4.73. The van der Waals surface area contributed by atoms with Crippen molar-refractivity contribution in [1.29, 1.82) is 0 Å². The number of halogens is 1. The Morgan fingerprint density at radius 1 is 1.40 bits per heavy atom. The van der Waals surface area contributed by atoms with Gasteiger partial charge < -0.3 is 4.90 Å². The minimum atomic E-state index is -0.592. The minimum Gasteiger partial charge on any atom is -0.364 e. The molecule has 0 atom stereocenters. The van der Waals surface area contributed by atoms with Crippen molar-refractivity contribution < 1.29 is 9.31 Å². The first-order chi connectivity index (χ1) is 9.47. The van der Waals surface area contributed by atoms with Crippen LogP contribution in [0.15, 0.2) is 35.7 Å². The van der Waals surface area contributed by atoms with Gasteiger partial charge in [0.25, 0.3) is 5.69 Å². The normalized spacial score (nSPS) is 10.8. The summed E-state index contributed by atoms with van der Waals surface area (Å²) in [5.74, 6) is -0.592. The Labute approximate surface area is 120 Å². The van der Waals surface area contributed by atoms with E-state index in [1.165, 1.54) is 12.1 Å². The van der Waals surface area contributed by atoms with Crippen LogP contribution in [-0.2, 0) is 6.54 Å². The first-order valence-electron chi connectivity index (χ1n) is 6.21. The molecule has 4 nitrogen and oxygen atoms in total. The maximum atomic E-state index is 13.6. The topological polar surface area (TPSA) is 46.4 Å². The van der Waals surface area contributed by atoms with Gasteiger partial charge in [-0.1, -0.05) is 6.07 Å². The van der Waals surface area contributed by atoms with Gasteiger partial charge in [-0.2, -0.15) is 0 Å². The highest BCUT2D eigenvalue weighted by molar-refractivity contribution is 7.09. The number of rotatable bonds is 5. The Morgan fingerprint density at radius 2 is 2.15 bits per heavy atom. The van der Waals surface area contributed by atoms with E-state index in [1.807, 2.05) is 36.3 Å². The van der Waals surface area contributed by atoms with Crippen LogP contribution in [0.5, 0.6) is 0 Å². The second kappa shape index (κ2) is 6.00. The predicted octanol–water partition coefficient (Wildman–Crippen LogP) is 4.21. The molecular formula is C14H15FN2O2S. The summed E-state index contributed by atoms with van der Waals surface area (Å²) in [6.07, 6.45) is 0. The number of thiophene rings is 1. The van der Waals surface area contributed by atoms with E-state index in [9.17, 15) is 14.5 Å². The van der Waals surface area contributed by atoms with Crippen LogP contribution in [0.4, 0.5) is 15.8 Å². The molecule has 1 aromatic carbocycles. The summed E-state index contributed by atoms with van der Waals surface area (Å²) in [5.41, 5.74) is 0.303. The van der Waals surface area contributed by atoms with Gasteiger partial charge in [0.15, 0.2) is 0 Å². The van der Waals surface area contributed by atoms with E-state index in [0.717, 1.165) is 10.9 Å². The third-order valence-corrected chi connectivity index (χ3v) is 3.80. The molecule has 0 saturated heterocycles. The van der Waals surface area contributed by atoms with Crippen molar-refractivity contribution in [3.05, 3.63) is 56.5 Å². The highest BCUT2D eigenvalue weighted by Crippen LogP contribution is 2.27. The summed E-state index contributed by atoms with van der Waals surface area (Å²) in [6, 6.07) is 7.74. The lowest BCUT2D eigenvalue weighted by Crippen LogP contribution is -2.29. The lowest BCUT2D eigenvalue weighted by molar-refractivity contribution is -0.385. The van der Waals surface area contributed by atoms with Crippen molar-refractivity contribution in [2.75, 3.05) is 4.90 Å². The lowest BCUT2D eigenvalue weighted by Gasteiger charge is -2.28. The molecule has 0 N–H and O–H groups in total. The molecule has 20 heavy (non-hydrogen) atoms. The standard InChI is InChI=1S/C14H15FN2O2S/c1-10(2)16(9-14-4-3-5-20-14)12-6-11(15)7-13(8-12)17(18)19/h3-8,10H,9H2,1-2H3. The number of nitrogens with zero attached hydrogens (tertiary/aromatic N) is 2. The van der Waals surface area contributed by atoms with Crippen molar-refractivity contribution in [3.63, 3.8) is 0 Å². The quantitative estimate of drug-likeness (QED) is 0.613. The lowest BCUT2D eigenvalue weighted by atomic mass is 10.2. The SMILES string of the molecule is CC(C)N(Cc1cccs1)c1cc(F)cc([N+](=O)[O-])c1. The number of benzene rings is 1. The Kier molecular flexibility index (Phi) is 4.34. The van der Waals surface area contributed by atoms with Crippen molar-refractivity contribution in [2.45, 2.75) is 26.4 Å². The molecule has 0 unspecified atom stereocenters. The number of non-ortho nitro benzene ring substituents is 1. The van der Waals surface area contributed by atoms with E-state index in [4.69, 9.17) is 0 Å². The number of nitro groups is 1. The van der Waals surface area contributed by atoms with Crippen molar-refractivity contribution in [3.8, 4) is 0 Å². The van der Waals surface area contributed by atoms with Crippen molar-refractivity contribution >= 4 is 22.7 Å². The number of nitro benzene ring substituents is 1. The van der Waals surface area contributed by atoms with E-state index in [1.54, 1.807) is 11.3 Å². The molecule has 106 valence electrons. The summed E-state index contributed by atoms with van der Waals surface area (Å²) in [5, 5.41) is 12.8. The second-order valence-corrected chi connectivity index (χ2v) is 5.76. The molecule has 0 aliphatic heterocycles. The van der Waals surface area contributed by atoms with Crippen LogP contribution in [0.2, 0.25) is 0 Å². The molecule has 2 rings (SSSR count). The van der Waals surface area contributed by atoms with Gasteiger partial charge in [-0.05, 0) is 31.4 Å². The van der Waals surface area contributed by atoms with Crippen LogP contribution >= 0.6 is 11.3 Å². The summed E-state index contributed by atoms with van der Waals surface area (Å²) in [6.45, 7) is 4.56. The molecule has 0 amide bonds. The van der Waals surface area contributed by atoms with Gasteiger partial charge >= 0.3 is 0 Å². The van der Waals surface area contributed by atoms with Gasteiger partial charge in [-0.15, -0.1) is 11.3 Å². The summed E-state index contributed by atoms with van der Waals surface area (Å²) in [4.78, 5) is 13.3. The zero-order valence-corrected chi connectivity index (χ0v) is 12.1. The molecule has 0 aliphatic rings. The Hall–Kier alpha value is -1.95. The molecule has 0 radical (unpaired) electrons. The van der Waals surface area contributed by atoms with Gasteiger partial charge in [0.05, 0.1) is 17.5 Å². The fourth-order valence-corrected chi connectivity index (χ4v) is 2.68. The van der Waals surface area contributed by atoms with Crippen LogP contribution in [0.25, 0.3) is 0 Å². The monoisotopic (exact) mass is 294 g/mol. The van der Waals surface area contributed by atoms with E-state index in [2.05, 4.69) is 0 Å². The first-order valence-corrected chi connectivity index (χ1v) is 7.09. The largest absolute Gasteiger partial charge is 0.364 e. The maximum Gasteiger partial charge on any atom is 0.274 e. The van der Waals surface area contributed by atoms with E-state index < -0.39 is 10.7 Å². The first kappa shape index (κ1) is 14.5. The molecule has 0 saturated carbocycles. The summed E-state index contributed by atoms with van der Waals surface area (Å²) < 4.78 is 13.6. The zero-order chi connectivity index (χ0) is 14.7. The molecule has 0 aliphatic carbocycles. The molecule has 0 bridgehead atoms. The summed E-state index contributed by atoms with van der Waals surface area (Å²) in [7, 11) is 0. The molecule has 6 heteroatoms. The Bertz CT molecular complexity index is 599. The van der Waals surface area contributed by atoms with Crippen LogP contribution in [-0.4, -0.2) is 11.0 Å². The average Bonchev–Trinajstić information content (AvgIpc) is 2.87. The molecule has 1 aromatic heterocycles. The maximum absolute atomic E-state index is 13.6. The number of hydrogen-bond donors (Lipinski definition) is 0. The third kappa shape index (κ3) is 3.33. The molecule has 0 fully saturated rings. The Balaban J connectivity index is 2.36. The van der Waals surface area contributed by atoms with E-state index >= 15 is 0 Å². The fourth-order valence-electron chi connectivity index (χ4n) is 1.97. The van der Waals surface area contributed by atoms with Gasteiger partial charge in [-0.25, -0.2) is 4.39 Å². The molecule has 0 spiro atoms. The van der Waals surface area contributed by atoms with Gasteiger partial charge in [-0.3, -0.25) is 10.1 Å². The smallest absolute Gasteiger partial charge is 0.274 e. The average molecular weight is 294 g/mol. The predicted molar refractivity (Wildman–Crippen MR) is 78.7 cm³/mol. The minimum absolute atomic E-state index is 0.110. The third-order valence-electron chi connectivity index (χ3n) is 2.94. The van der Waals surface area contributed by atoms with Crippen LogP contribution in [0.1, 0.15) is 18.7 Å². The van der Waals surface area contributed by atoms with Crippen molar-refractivity contribution in [1.82, 2.24) is 0 Å². The molecule has 1 heterocycles. The zero-order valence-electron chi connectivity index (χ0n) is 11.2. The number of hydrogen-bond acceptors (Lipinski definition) is 4. The van der Waals surface area contributed by atoms with Crippen molar-refractivity contribution in [2.24, 2.45) is 0 Å². The van der Waals surface area contributed by atoms with Gasteiger partial charge in [0, 0.05) is 22.7 Å². The van der Waals surface area contributed by atoms with E-state index in [-0.39, 0.29) is 11.7 Å². The van der Waals surface area contributed by atoms with Crippen LogP contribution < -0.4 is 4.90 Å². The highest BCUT2D eigenvalue weighted by Gasteiger charge is 2.17. The molecular weight excluding hydrogens is 279 g/mol. The van der Waals surface area contributed by atoms with Crippen LogP contribution in [0.3, 0.4) is 0 Å². The highest BCUT2D eigenvalue weighted by atomic mass is 32.1. The van der Waals surface area contributed by atoms with Gasteiger partial charge in [0.1, 0.15) is 5.82 Å². The molecule has 2 aromatic rings. The number of anilines is 1. The van der Waals surface area contributed by atoms with Gasteiger partial charge in [0.2, 0.25) is 0 Å². The van der Waals surface area contributed by atoms with E-state index in [0.29, 0.717) is 12.2 Å². The Morgan fingerprint density at radius 3 is 2.70 bits per heavy atom. The fraction of sp³-hybridized carbons (Fsp3) is 0.286.